The number of amides is 2. The van der Waals surface area contributed by atoms with E-state index in [0.29, 0.717) is 6.54 Å². The van der Waals surface area contributed by atoms with E-state index in [4.69, 9.17) is 0 Å². The molecule has 3 heteroatoms. The van der Waals surface area contributed by atoms with E-state index in [0.717, 1.165) is 42.7 Å². The summed E-state index contributed by atoms with van der Waals surface area (Å²) in [5.41, 5.74) is 4.19. The van der Waals surface area contributed by atoms with Crippen molar-refractivity contribution in [1.82, 2.24) is 4.90 Å². The van der Waals surface area contributed by atoms with Gasteiger partial charge in [-0.1, -0.05) is 80.9 Å². The number of benzene rings is 3. The fraction of sp³-hybridized carbons (Fsp3) is 0.269. The second kappa shape index (κ2) is 10.5. The molecule has 3 rings (SSSR count). The molecule has 2 amide bonds. The third-order valence-corrected chi connectivity index (χ3v) is 5.08. The molecule has 0 aliphatic heterocycles. The van der Waals surface area contributed by atoms with Crippen LogP contribution in [0.1, 0.15) is 37.8 Å². The van der Waals surface area contributed by atoms with E-state index in [1.54, 1.807) is 0 Å². The molecule has 0 aliphatic carbocycles. The lowest BCUT2D eigenvalue weighted by atomic mass is 10.1. The van der Waals surface area contributed by atoms with Crippen LogP contribution in [0.4, 0.5) is 16.2 Å². The van der Waals surface area contributed by atoms with Gasteiger partial charge in [0.25, 0.3) is 0 Å². The van der Waals surface area contributed by atoms with Crippen molar-refractivity contribution in [3.63, 3.8) is 0 Å². The highest BCUT2D eigenvalue weighted by Crippen LogP contribution is 2.28. The Balaban J connectivity index is 1.95. The van der Waals surface area contributed by atoms with Crippen LogP contribution in [0.25, 0.3) is 0 Å². The SMILES string of the molecule is CCCCN(Cc1ccccc1)C(=O)N(c1ccccc1)c1ccc(CC)cc1. The molecule has 0 unspecified atom stereocenters. The van der Waals surface area contributed by atoms with Crippen molar-refractivity contribution in [1.29, 1.82) is 0 Å². The molecule has 0 fully saturated rings. The molecule has 0 spiro atoms. The number of unbranched alkanes of at least 4 members (excludes halogenated alkanes) is 1. The largest absolute Gasteiger partial charge is 0.329 e. The number of urea groups is 1. The first-order valence-electron chi connectivity index (χ1n) is 10.5. The Bertz CT molecular complexity index is 876. The van der Waals surface area contributed by atoms with Crippen LogP contribution in [-0.4, -0.2) is 17.5 Å². The molecule has 0 aliphatic rings. The lowest BCUT2D eigenvalue weighted by Crippen LogP contribution is -2.41. The Labute approximate surface area is 174 Å². The summed E-state index contributed by atoms with van der Waals surface area (Å²) in [5, 5.41) is 0. The molecule has 3 aromatic carbocycles. The third-order valence-electron chi connectivity index (χ3n) is 5.08. The predicted molar refractivity (Wildman–Crippen MR) is 122 cm³/mol. The average molecular weight is 387 g/mol. The van der Waals surface area contributed by atoms with Crippen LogP contribution < -0.4 is 4.90 Å². The highest BCUT2D eigenvalue weighted by Gasteiger charge is 2.24. The monoisotopic (exact) mass is 386 g/mol. The zero-order chi connectivity index (χ0) is 20.5. The number of rotatable bonds is 8. The first-order chi connectivity index (χ1) is 14.2. The van der Waals surface area contributed by atoms with Crippen LogP contribution in [0.3, 0.4) is 0 Å². The molecule has 0 atom stereocenters. The van der Waals surface area contributed by atoms with Crippen LogP contribution in [0, 0.1) is 0 Å². The number of hydrogen-bond acceptors (Lipinski definition) is 1. The molecular formula is C26H30N2O. The maximum Gasteiger partial charge on any atom is 0.329 e. The average Bonchev–Trinajstić information content (AvgIpc) is 2.78. The number of carbonyl (C=O) groups excluding carboxylic acids is 1. The van der Waals surface area contributed by atoms with Crippen LogP contribution in [0.5, 0.6) is 0 Å². The summed E-state index contributed by atoms with van der Waals surface area (Å²) in [6, 6.07) is 28.4. The Kier molecular flexibility index (Phi) is 7.46. The number of aryl methyl sites for hydroxylation is 1. The van der Waals surface area contributed by atoms with Gasteiger partial charge in [0.1, 0.15) is 0 Å². The number of anilines is 2. The lowest BCUT2D eigenvalue weighted by molar-refractivity contribution is 0.203. The molecule has 0 bridgehead atoms. The minimum atomic E-state index is 0.0118. The maximum absolute atomic E-state index is 13.8. The summed E-state index contributed by atoms with van der Waals surface area (Å²) in [5.74, 6) is 0. The molecule has 150 valence electrons. The predicted octanol–water partition coefficient (Wildman–Crippen LogP) is 6.81. The minimum absolute atomic E-state index is 0.0118. The second-order valence-electron chi connectivity index (χ2n) is 7.23. The molecular weight excluding hydrogens is 356 g/mol. The van der Waals surface area contributed by atoms with E-state index >= 15 is 0 Å². The lowest BCUT2D eigenvalue weighted by Gasteiger charge is -2.31. The normalized spacial score (nSPS) is 10.6. The van der Waals surface area contributed by atoms with E-state index in [2.05, 4.69) is 38.1 Å². The number of carbonyl (C=O) groups is 1. The van der Waals surface area contributed by atoms with E-state index in [1.807, 2.05) is 70.5 Å². The summed E-state index contributed by atoms with van der Waals surface area (Å²) in [4.78, 5) is 17.6. The highest BCUT2D eigenvalue weighted by molar-refractivity contribution is 5.99. The minimum Gasteiger partial charge on any atom is -0.320 e. The maximum atomic E-state index is 13.8. The molecule has 0 saturated heterocycles. The topological polar surface area (TPSA) is 23.6 Å². The van der Waals surface area contributed by atoms with Gasteiger partial charge in [0.05, 0.1) is 11.4 Å². The molecule has 3 nitrogen and oxygen atoms in total. The van der Waals surface area contributed by atoms with Gasteiger partial charge in [0.2, 0.25) is 0 Å². The quantitative estimate of drug-likeness (QED) is 0.417. The molecule has 29 heavy (non-hydrogen) atoms. The van der Waals surface area contributed by atoms with Crippen LogP contribution in [0.2, 0.25) is 0 Å². The summed E-state index contributed by atoms with van der Waals surface area (Å²) >= 11 is 0. The first kappa shape index (κ1) is 20.7. The highest BCUT2D eigenvalue weighted by atomic mass is 16.2. The van der Waals surface area contributed by atoms with Gasteiger partial charge in [0, 0.05) is 13.1 Å². The van der Waals surface area contributed by atoms with Gasteiger partial charge < -0.3 is 4.90 Å². The first-order valence-corrected chi connectivity index (χ1v) is 10.5. The van der Waals surface area contributed by atoms with Gasteiger partial charge >= 0.3 is 6.03 Å². The van der Waals surface area contributed by atoms with Gasteiger partial charge in [-0.25, -0.2) is 4.79 Å². The molecule has 0 radical (unpaired) electrons. The standard InChI is InChI=1S/C26H30N2O/c1-3-5-20-27(21-23-12-8-6-9-13-23)26(29)28(24-14-10-7-11-15-24)25-18-16-22(4-2)17-19-25/h6-19H,3-5,20-21H2,1-2H3. The fourth-order valence-corrected chi connectivity index (χ4v) is 3.36. The molecule has 0 N–H and O–H groups in total. The second-order valence-corrected chi connectivity index (χ2v) is 7.23. The summed E-state index contributed by atoms with van der Waals surface area (Å²) < 4.78 is 0. The van der Waals surface area contributed by atoms with E-state index in [9.17, 15) is 4.79 Å². The van der Waals surface area contributed by atoms with Gasteiger partial charge in [-0.15, -0.1) is 0 Å². The van der Waals surface area contributed by atoms with Crippen molar-refractivity contribution in [3.8, 4) is 0 Å². The van der Waals surface area contributed by atoms with E-state index in [-0.39, 0.29) is 6.03 Å². The van der Waals surface area contributed by atoms with Crippen molar-refractivity contribution >= 4 is 17.4 Å². The van der Waals surface area contributed by atoms with Crippen LogP contribution in [-0.2, 0) is 13.0 Å². The molecule has 0 aromatic heterocycles. The number of nitrogens with zero attached hydrogens (tertiary/aromatic N) is 2. The summed E-state index contributed by atoms with van der Waals surface area (Å²) in [6.07, 6.45) is 3.02. The Morgan fingerprint density at radius 3 is 1.90 bits per heavy atom. The zero-order valence-corrected chi connectivity index (χ0v) is 17.4. The summed E-state index contributed by atoms with van der Waals surface area (Å²) in [7, 11) is 0. The number of para-hydroxylation sites is 1. The Morgan fingerprint density at radius 1 is 0.724 bits per heavy atom. The van der Waals surface area contributed by atoms with Gasteiger partial charge in [-0.05, 0) is 48.2 Å². The van der Waals surface area contributed by atoms with Crippen molar-refractivity contribution in [2.45, 2.75) is 39.7 Å². The van der Waals surface area contributed by atoms with E-state index in [1.165, 1.54) is 5.56 Å². The van der Waals surface area contributed by atoms with Gasteiger partial charge in [0.15, 0.2) is 0 Å². The van der Waals surface area contributed by atoms with Crippen molar-refractivity contribution in [2.24, 2.45) is 0 Å². The summed E-state index contributed by atoms with van der Waals surface area (Å²) in [6.45, 7) is 5.64. The smallest absolute Gasteiger partial charge is 0.320 e. The molecule has 0 saturated carbocycles. The Hall–Kier alpha value is -3.07. The number of hydrogen-bond donors (Lipinski definition) is 0. The van der Waals surface area contributed by atoms with Crippen molar-refractivity contribution in [3.05, 3.63) is 96.1 Å². The third kappa shape index (κ3) is 5.47. The van der Waals surface area contributed by atoms with Crippen molar-refractivity contribution < 1.29 is 4.79 Å². The zero-order valence-electron chi connectivity index (χ0n) is 17.4. The fourth-order valence-electron chi connectivity index (χ4n) is 3.36. The molecule has 3 aromatic rings. The molecule has 0 heterocycles. The van der Waals surface area contributed by atoms with Crippen LogP contribution >= 0.6 is 0 Å². The Morgan fingerprint density at radius 2 is 1.31 bits per heavy atom. The van der Waals surface area contributed by atoms with Crippen LogP contribution in [0.15, 0.2) is 84.9 Å². The van der Waals surface area contributed by atoms with Gasteiger partial charge in [-0.3, -0.25) is 4.90 Å². The van der Waals surface area contributed by atoms with Gasteiger partial charge in [-0.2, -0.15) is 0 Å². The van der Waals surface area contributed by atoms with Crippen molar-refractivity contribution in [2.75, 3.05) is 11.4 Å². The van der Waals surface area contributed by atoms with E-state index < -0.39 is 0 Å².